The standard InChI is InChI=1S/C27H32N2O/c1-2-20-30-26-18-19-28-21-25(26)29-27(22-12-6-3-7-13-22,23-14-8-4-9-15-23)24-16-10-5-11-17-24/h3-17,25-26,28-29H,2,18-21H2,1H3. The highest BCUT2D eigenvalue weighted by atomic mass is 16.5. The Morgan fingerprint density at radius 3 is 1.80 bits per heavy atom. The molecule has 0 spiro atoms. The van der Waals surface area contributed by atoms with Gasteiger partial charge >= 0.3 is 0 Å². The monoisotopic (exact) mass is 400 g/mol. The fourth-order valence-electron chi connectivity index (χ4n) is 4.54. The quantitative estimate of drug-likeness (QED) is 0.537. The molecule has 0 bridgehead atoms. The van der Waals surface area contributed by atoms with Gasteiger partial charge in [0.1, 0.15) is 0 Å². The number of rotatable bonds is 8. The predicted octanol–water partition coefficient (Wildman–Crippen LogP) is 4.73. The number of hydrogen-bond acceptors (Lipinski definition) is 3. The summed E-state index contributed by atoms with van der Waals surface area (Å²) in [6.07, 6.45) is 2.26. The second kappa shape index (κ2) is 10.0. The molecule has 3 aromatic carbocycles. The van der Waals surface area contributed by atoms with Crippen LogP contribution >= 0.6 is 0 Å². The van der Waals surface area contributed by atoms with Gasteiger partial charge in [-0.1, -0.05) is 97.9 Å². The van der Waals surface area contributed by atoms with Gasteiger partial charge in [0, 0.05) is 19.2 Å². The molecular weight excluding hydrogens is 368 g/mol. The molecule has 0 saturated carbocycles. The van der Waals surface area contributed by atoms with Crippen molar-refractivity contribution in [3.8, 4) is 0 Å². The third kappa shape index (κ3) is 4.34. The van der Waals surface area contributed by atoms with Gasteiger partial charge in [-0.05, 0) is 36.1 Å². The van der Waals surface area contributed by atoms with E-state index in [4.69, 9.17) is 4.74 Å². The molecule has 1 aliphatic heterocycles. The van der Waals surface area contributed by atoms with E-state index in [9.17, 15) is 0 Å². The molecule has 2 N–H and O–H groups in total. The highest BCUT2D eigenvalue weighted by Crippen LogP contribution is 2.37. The van der Waals surface area contributed by atoms with Crippen molar-refractivity contribution in [1.82, 2.24) is 10.6 Å². The SMILES string of the molecule is CCCOC1CCNCC1NC(c1ccccc1)(c1ccccc1)c1ccccc1. The lowest BCUT2D eigenvalue weighted by Gasteiger charge is -2.43. The Hall–Kier alpha value is -2.46. The zero-order valence-corrected chi connectivity index (χ0v) is 17.8. The van der Waals surface area contributed by atoms with Crippen LogP contribution in [0, 0.1) is 0 Å². The van der Waals surface area contributed by atoms with E-state index < -0.39 is 5.54 Å². The summed E-state index contributed by atoms with van der Waals surface area (Å²) in [5, 5.41) is 7.67. The van der Waals surface area contributed by atoms with Crippen LogP contribution in [-0.4, -0.2) is 31.8 Å². The van der Waals surface area contributed by atoms with Gasteiger partial charge in [0.05, 0.1) is 11.6 Å². The van der Waals surface area contributed by atoms with Crippen LogP contribution in [-0.2, 0) is 10.3 Å². The summed E-state index contributed by atoms with van der Waals surface area (Å²) >= 11 is 0. The van der Waals surface area contributed by atoms with Crippen molar-refractivity contribution in [2.24, 2.45) is 0 Å². The smallest absolute Gasteiger partial charge is 0.0951 e. The number of ether oxygens (including phenoxy) is 1. The predicted molar refractivity (Wildman–Crippen MR) is 124 cm³/mol. The molecule has 0 aromatic heterocycles. The van der Waals surface area contributed by atoms with Gasteiger partial charge in [0.2, 0.25) is 0 Å². The van der Waals surface area contributed by atoms with E-state index in [0.29, 0.717) is 0 Å². The average Bonchev–Trinajstić information content (AvgIpc) is 2.83. The number of benzene rings is 3. The minimum Gasteiger partial charge on any atom is -0.377 e. The van der Waals surface area contributed by atoms with Crippen LogP contribution in [0.5, 0.6) is 0 Å². The van der Waals surface area contributed by atoms with E-state index >= 15 is 0 Å². The number of nitrogens with one attached hydrogen (secondary N) is 2. The normalized spacial score (nSPS) is 19.5. The molecule has 1 fully saturated rings. The van der Waals surface area contributed by atoms with E-state index in [1.807, 2.05) is 0 Å². The van der Waals surface area contributed by atoms with E-state index in [0.717, 1.165) is 32.5 Å². The fraction of sp³-hybridized carbons (Fsp3) is 0.333. The molecule has 3 aromatic rings. The van der Waals surface area contributed by atoms with Gasteiger partial charge in [-0.15, -0.1) is 0 Å². The highest BCUT2D eigenvalue weighted by Gasteiger charge is 2.40. The van der Waals surface area contributed by atoms with Gasteiger partial charge in [-0.25, -0.2) is 0 Å². The first-order chi connectivity index (χ1) is 14.8. The van der Waals surface area contributed by atoms with E-state index in [-0.39, 0.29) is 12.1 Å². The fourth-order valence-corrected chi connectivity index (χ4v) is 4.54. The molecular formula is C27H32N2O. The van der Waals surface area contributed by atoms with Crippen molar-refractivity contribution in [2.45, 2.75) is 37.5 Å². The molecule has 0 aliphatic carbocycles. The molecule has 2 unspecified atom stereocenters. The lowest BCUT2D eigenvalue weighted by Crippen LogP contribution is -2.60. The van der Waals surface area contributed by atoms with Crippen molar-refractivity contribution in [2.75, 3.05) is 19.7 Å². The molecule has 4 rings (SSSR count). The van der Waals surface area contributed by atoms with E-state index in [1.165, 1.54) is 16.7 Å². The maximum absolute atomic E-state index is 6.30. The molecule has 3 heteroatoms. The Bertz CT molecular complexity index is 786. The summed E-state index contributed by atoms with van der Waals surface area (Å²) in [6, 6.07) is 32.6. The van der Waals surface area contributed by atoms with Crippen LogP contribution in [0.2, 0.25) is 0 Å². The Morgan fingerprint density at radius 2 is 1.33 bits per heavy atom. The van der Waals surface area contributed by atoms with Crippen molar-refractivity contribution in [1.29, 1.82) is 0 Å². The van der Waals surface area contributed by atoms with Gasteiger partial charge < -0.3 is 10.1 Å². The summed E-state index contributed by atoms with van der Waals surface area (Å²) in [4.78, 5) is 0. The summed E-state index contributed by atoms with van der Waals surface area (Å²) in [5.74, 6) is 0. The Labute approximate surface area is 180 Å². The Balaban J connectivity index is 1.84. The summed E-state index contributed by atoms with van der Waals surface area (Å²) < 4.78 is 6.30. The lowest BCUT2D eigenvalue weighted by atomic mass is 9.76. The Kier molecular flexibility index (Phi) is 6.96. The zero-order valence-electron chi connectivity index (χ0n) is 17.8. The summed E-state index contributed by atoms with van der Waals surface area (Å²) in [7, 11) is 0. The maximum Gasteiger partial charge on any atom is 0.0951 e. The minimum atomic E-state index is -0.457. The first-order valence-electron chi connectivity index (χ1n) is 11.1. The van der Waals surface area contributed by atoms with Gasteiger partial charge in [0.25, 0.3) is 0 Å². The van der Waals surface area contributed by atoms with Crippen LogP contribution < -0.4 is 10.6 Å². The lowest BCUT2D eigenvalue weighted by molar-refractivity contribution is 0.00559. The molecule has 156 valence electrons. The summed E-state index contributed by atoms with van der Waals surface area (Å²) in [6.45, 7) is 4.87. The van der Waals surface area contributed by atoms with Gasteiger partial charge in [-0.2, -0.15) is 0 Å². The van der Waals surface area contributed by atoms with E-state index in [2.05, 4.69) is 109 Å². The minimum absolute atomic E-state index is 0.196. The Morgan fingerprint density at radius 1 is 0.833 bits per heavy atom. The highest BCUT2D eigenvalue weighted by molar-refractivity contribution is 5.49. The second-order valence-corrected chi connectivity index (χ2v) is 8.00. The molecule has 2 atom stereocenters. The molecule has 3 nitrogen and oxygen atoms in total. The molecule has 1 saturated heterocycles. The number of piperidine rings is 1. The first-order valence-corrected chi connectivity index (χ1v) is 11.1. The third-order valence-corrected chi connectivity index (χ3v) is 5.98. The van der Waals surface area contributed by atoms with Crippen LogP contribution in [0.25, 0.3) is 0 Å². The first kappa shape index (κ1) is 20.8. The van der Waals surface area contributed by atoms with Crippen LogP contribution in [0.1, 0.15) is 36.5 Å². The maximum atomic E-state index is 6.30. The van der Waals surface area contributed by atoms with Crippen molar-refractivity contribution in [3.05, 3.63) is 108 Å². The van der Waals surface area contributed by atoms with Crippen LogP contribution in [0.15, 0.2) is 91.0 Å². The van der Waals surface area contributed by atoms with Crippen molar-refractivity contribution in [3.63, 3.8) is 0 Å². The second-order valence-electron chi connectivity index (χ2n) is 8.00. The number of hydrogen-bond donors (Lipinski definition) is 2. The summed E-state index contributed by atoms with van der Waals surface area (Å²) in [5.41, 5.74) is 3.26. The largest absolute Gasteiger partial charge is 0.377 e. The van der Waals surface area contributed by atoms with Gasteiger partial charge in [-0.3, -0.25) is 5.32 Å². The zero-order chi connectivity index (χ0) is 20.7. The molecule has 1 heterocycles. The topological polar surface area (TPSA) is 33.3 Å². The average molecular weight is 401 g/mol. The van der Waals surface area contributed by atoms with Crippen LogP contribution in [0.3, 0.4) is 0 Å². The van der Waals surface area contributed by atoms with E-state index in [1.54, 1.807) is 0 Å². The molecule has 1 aliphatic rings. The van der Waals surface area contributed by atoms with Gasteiger partial charge in [0.15, 0.2) is 0 Å². The molecule has 0 radical (unpaired) electrons. The molecule has 30 heavy (non-hydrogen) atoms. The van der Waals surface area contributed by atoms with Crippen LogP contribution in [0.4, 0.5) is 0 Å². The molecule has 0 amide bonds. The van der Waals surface area contributed by atoms with Crippen molar-refractivity contribution < 1.29 is 4.74 Å². The third-order valence-electron chi connectivity index (χ3n) is 5.98. The van der Waals surface area contributed by atoms with Crippen molar-refractivity contribution >= 4 is 0 Å².